The third kappa shape index (κ3) is 1.83. The zero-order valence-electron chi connectivity index (χ0n) is 9.35. The van der Waals surface area contributed by atoms with Crippen molar-refractivity contribution < 1.29 is 9.18 Å². The maximum atomic E-state index is 13.1. The zero-order chi connectivity index (χ0) is 10.8. The lowest BCUT2D eigenvalue weighted by Gasteiger charge is -2.28. The molecule has 2 aliphatic heterocycles. The molecule has 14 heavy (non-hydrogen) atoms. The van der Waals surface area contributed by atoms with Crippen LogP contribution in [0.3, 0.4) is 0 Å². The predicted octanol–water partition coefficient (Wildman–Crippen LogP) is 2.18. The summed E-state index contributed by atoms with van der Waals surface area (Å²) in [6, 6.07) is 0. The molecule has 0 amide bonds. The molecule has 2 saturated heterocycles. The smallest absolute Gasteiger partial charge is 0.148 e. The molecule has 3 heteroatoms. The Morgan fingerprint density at radius 1 is 1.57 bits per heavy atom. The van der Waals surface area contributed by atoms with Crippen LogP contribution in [0.1, 0.15) is 40.0 Å². The monoisotopic (exact) mass is 201 g/mol. The van der Waals surface area contributed by atoms with Crippen molar-refractivity contribution in [2.75, 3.05) is 13.1 Å². The fraction of sp³-hybridized carbons (Fsp3) is 0.909. The van der Waals surface area contributed by atoms with Crippen LogP contribution in [0, 0.1) is 0 Å². The second-order valence-corrected chi connectivity index (χ2v) is 3.98. The van der Waals surface area contributed by atoms with Gasteiger partial charge in [-0.3, -0.25) is 9.69 Å². The van der Waals surface area contributed by atoms with Crippen molar-refractivity contribution in [3.63, 3.8) is 0 Å². The molecular formula is C11H20FNO. The number of ketones is 1. The molecule has 2 fully saturated rings. The van der Waals surface area contributed by atoms with E-state index in [1.807, 2.05) is 25.7 Å². The van der Waals surface area contributed by atoms with Gasteiger partial charge in [0.25, 0.3) is 0 Å². The molecule has 0 N–H and O–H groups in total. The standard InChI is InChI=1S/C9H14FNO.C2H6/c1-2-9-3-7(10)5-11(9)6-8(12)4-9;1-2/h7H,2-6H2,1H3;1-2H3/t7-,9-;/m1./s1. The van der Waals surface area contributed by atoms with Crippen LogP contribution in [-0.4, -0.2) is 35.5 Å². The first kappa shape index (κ1) is 11.6. The van der Waals surface area contributed by atoms with E-state index in [4.69, 9.17) is 0 Å². The Hall–Kier alpha value is -0.440. The van der Waals surface area contributed by atoms with Gasteiger partial charge in [0.05, 0.1) is 6.54 Å². The first-order valence-corrected chi connectivity index (χ1v) is 5.57. The van der Waals surface area contributed by atoms with E-state index >= 15 is 0 Å². The van der Waals surface area contributed by atoms with Crippen LogP contribution < -0.4 is 0 Å². The number of alkyl halides is 1. The first-order valence-electron chi connectivity index (χ1n) is 5.57. The number of carbonyl (C=O) groups excluding carboxylic acids is 1. The highest BCUT2D eigenvalue weighted by atomic mass is 19.1. The van der Waals surface area contributed by atoms with Crippen molar-refractivity contribution in [2.24, 2.45) is 0 Å². The number of Topliss-reactive ketones (excluding diaryl/α,β-unsaturated/α-hetero) is 1. The minimum atomic E-state index is -0.710. The molecule has 2 heterocycles. The molecule has 0 bridgehead atoms. The molecule has 2 aliphatic rings. The van der Waals surface area contributed by atoms with E-state index in [1.54, 1.807) is 0 Å². The van der Waals surface area contributed by atoms with Crippen molar-refractivity contribution in [3.8, 4) is 0 Å². The molecule has 0 radical (unpaired) electrons. The summed E-state index contributed by atoms with van der Waals surface area (Å²) in [5.41, 5.74) is -0.101. The number of rotatable bonds is 1. The van der Waals surface area contributed by atoms with E-state index in [2.05, 4.69) is 0 Å². The summed E-state index contributed by atoms with van der Waals surface area (Å²) in [7, 11) is 0. The van der Waals surface area contributed by atoms with Crippen molar-refractivity contribution in [1.29, 1.82) is 0 Å². The lowest BCUT2D eigenvalue weighted by molar-refractivity contribution is -0.117. The highest BCUT2D eigenvalue weighted by Crippen LogP contribution is 2.40. The summed E-state index contributed by atoms with van der Waals surface area (Å²) in [5.74, 6) is 0.281. The molecule has 0 aromatic rings. The highest BCUT2D eigenvalue weighted by molar-refractivity contribution is 5.84. The molecule has 0 aliphatic carbocycles. The summed E-state index contributed by atoms with van der Waals surface area (Å²) < 4.78 is 13.1. The average Bonchev–Trinajstić information content (AvgIpc) is 2.60. The quantitative estimate of drug-likeness (QED) is 0.648. The van der Waals surface area contributed by atoms with Gasteiger partial charge in [0.15, 0.2) is 0 Å². The fourth-order valence-electron chi connectivity index (χ4n) is 2.58. The predicted molar refractivity (Wildman–Crippen MR) is 55.1 cm³/mol. The topological polar surface area (TPSA) is 20.3 Å². The van der Waals surface area contributed by atoms with Gasteiger partial charge in [0, 0.05) is 18.5 Å². The summed E-state index contributed by atoms with van der Waals surface area (Å²) in [4.78, 5) is 13.2. The van der Waals surface area contributed by atoms with Crippen LogP contribution in [-0.2, 0) is 4.79 Å². The largest absolute Gasteiger partial charge is 0.298 e. The average molecular weight is 201 g/mol. The van der Waals surface area contributed by atoms with Crippen molar-refractivity contribution >= 4 is 5.78 Å². The lowest BCUT2D eigenvalue weighted by atomic mass is 9.90. The van der Waals surface area contributed by atoms with E-state index < -0.39 is 6.17 Å². The Bertz CT molecular complexity index is 219. The Labute approximate surface area is 85.5 Å². The molecule has 2 atom stereocenters. The second kappa shape index (κ2) is 4.39. The van der Waals surface area contributed by atoms with Crippen LogP contribution in [0.15, 0.2) is 0 Å². The van der Waals surface area contributed by atoms with E-state index in [9.17, 15) is 9.18 Å². The summed E-state index contributed by atoms with van der Waals surface area (Å²) in [6.07, 6.45) is 1.33. The minimum Gasteiger partial charge on any atom is -0.298 e. The third-order valence-electron chi connectivity index (χ3n) is 3.24. The van der Waals surface area contributed by atoms with Gasteiger partial charge < -0.3 is 0 Å². The van der Waals surface area contributed by atoms with Crippen LogP contribution in [0.25, 0.3) is 0 Å². The van der Waals surface area contributed by atoms with E-state index in [1.165, 1.54) is 0 Å². The maximum absolute atomic E-state index is 13.1. The van der Waals surface area contributed by atoms with E-state index in [0.717, 1.165) is 6.42 Å². The molecule has 2 rings (SSSR count). The number of halogens is 1. The number of fused-ring (bicyclic) bond motifs is 1. The Morgan fingerprint density at radius 2 is 2.21 bits per heavy atom. The van der Waals surface area contributed by atoms with Gasteiger partial charge in [-0.05, 0) is 12.8 Å². The molecule has 0 aromatic heterocycles. The van der Waals surface area contributed by atoms with Gasteiger partial charge in [-0.2, -0.15) is 0 Å². The Kier molecular flexibility index (Phi) is 3.65. The van der Waals surface area contributed by atoms with Crippen LogP contribution in [0.4, 0.5) is 4.39 Å². The number of nitrogens with zero attached hydrogens (tertiary/aromatic N) is 1. The molecule has 0 unspecified atom stereocenters. The molecule has 0 aromatic carbocycles. The van der Waals surface area contributed by atoms with Crippen LogP contribution in [0.5, 0.6) is 0 Å². The van der Waals surface area contributed by atoms with Gasteiger partial charge in [-0.15, -0.1) is 0 Å². The number of hydrogen-bond donors (Lipinski definition) is 0. The van der Waals surface area contributed by atoms with E-state index in [0.29, 0.717) is 25.9 Å². The minimum absolute atomic E-state index is 0.101. The zero-order valence-corrected chi connectivity index (χ0v) is 9.35. The first-order chi connectivity index (χ1) is 6.66. The van der Waals surface area contributed by atoms with Gasteiger partial charge in [0.2, 0.25) is 0 Å². The highest BCUT2D eigenvalue weighted by Gasteiger charge is 2.50. The molecule has 82 valence electrons. The maximum Gasteiger partial charge on any atom is 0.148 e. The number of hydrogen-bond acceptors (Lipinski definition) is 2. The Morgan fingerprint density at radius 3 is 2.71 bits per heavy atom. The molecule has 0 spiro atoms. The third-order valence-corrected chi connectivity index (χ3v) is 3.24. The van der Waals surface area contributed by atoms with Crippen LogP contribution >= 0.6 is 0 Å². The van der Waals surface area contributed by atoms with Gasteiger partial charge in [-0.1, -0.05) is 20.8 Å². The van der Waals surface area contributed by atoms with Crippen molar-refractivity contribution in [1.82, 2.24) is 4.90 Å². The normalized spacial score (nSPS) is 36.6. The SMILES string of the molecule is CC.CC[C@@]12CC(=O)CN1C[C@H](F)C2. The second-order valence-electron chi connectivity index (χ2n) is 3.98. The van der Waals surface area contributed by atoms with E-state index in [-0.39, 0.29) is 11.3 Å². The van der Waals surface area contributed by atoms with Crippen molar-refractivity contribution in [2.45, 2.75) is 51.7 Å². The molecular weight excluding hydrogens is 181 g/mol. The van der Waals surface area contributed by atoms with Gasteiger partial charge >= 0.3 is 0 Å². The van der Waals surface area contributed by atoms with Crippen molar-refractivity contribution in [3.05, 3.63) is 0 Å². The summed E-state index contributed by atoms with van der Waals surface area (Å²) in [5, 5.41) is 0. The van der Waals surface area contributed by atoms with Gasteiger partial charge in [0.1, 0.15) is 12.0 Å². The Balaban J connectivity index is 0.000000461. The lowest BCUT2D eigenvalue weighted by Crippen LogP contribution is -2.37. The van der Waals surface area contributed by atoms with Crippen LogP contribution in [0.2, 0.25) is 0 Å². The molecule has 0 saturated carbocycles. The fourth-order valence-corrected chi connectivity index (χ4v) is 2.58. The summed E-state index contributed by atoms with van der Waals surface area (Å²) >= 11 is 0. The van der Waals surface area contributed by atoms with Gasteiger partial charge in [-0.25, -0.2) is 4.39 Å². The number of carbonyl (C=O) groups is 1. The summed E-state index contributed by atoms with van der Waals surface area (Å²) in [6.45, 7) is 7.00. The molecule has 2 nitrogen and oxygen atoms in total.